The Balaban J connectivity index is 1.81. The van der Waals surface area contributed by atoms with Crippen molar-refractivity contribution in [3.63, 3.8) is 0 Å². The lowest BCUT2D eigenvalue weighted by molar-refractivity contribution is -0.144. The number of hydrogen-bond donors (Lipinski definition) is 1. The summed E-state index contributed by atoms with van der Waals surface area (Å²) in [6, 6.07) is 8.25. The first-order valence-electron chi connectivity index (χ1n) is 7.38. The average molecular weight is 274 g/mol. The molecule has 20 heavy (non-hydrogen) atoms. The number of nitrogens with one attached hydrogen (secondary N) is 1. The van der Waals surface area contributed by atoms with Gasteiger partial charge in [-0.3, -0.25) is 4.79 Å². The summed E-state index contributed by atoms with van der Waals surface area (Å²) in [5.74, 6) is 0.170. The van der Waals surface area contributed by atoms with Crippen molar-refractivity contribution in [2.24, 2.45) is 0 Å². The minimum atomic E-state index is -0.0579. The van der Waals surface area contributed by atoms with Gasteiger partial charge in [0.25, 0.3) is 0 Å². The molecular weight excluding hydrogens is 252 g/mol. The first kappa shape index (κ1) is 13.6. The lowest BCUT2D eigenvalue weighted by Crippen LogP contribution is -2.51. The third-order valence-corrected chi connectivity index (χ3v) is 4.12. The fraction of sp³-hybridized carbons (Fsp3) is 0.562. The quantitative estimate of drug-likeness (QED) is 0.844. The molecule has 0 aromatic heterocycles. The van der Waals surface area contributed by atoms with Crippen molar-refractivity contribution < 1.29 is 9.53 Å². The molecule has 1 N–H and O–H groups in total. The van der Waals surface area contributed by atoms with Crippen LogP contribution in [0.25, 0.3) is 0 Å². The number of hydrogen-bond acceptors (Lipinski definition) is 3. The highest BCUT2D eigenvalue weighted by atomic mass is 16.5. The van der Waals surface area contributed by atoms with Crippen molar-refractivity contribution in [1.29, 1.82) is 0 Å². The largest absolute Gasteiger partial charge is 0.372 e. The Morgan fingerprint density at radius 2 is 1.95 bits per heavy atom. The molecule has 4 heteroatoms. The molecule has 2 aliphatic heterocycles. The van der Waals surface area contributed by atoms with E-state index in [9.17, 15) is 4.79 Å². The zero-order valence-electron chi connectivity index (χ0n) is 12.1. The van der Waals surface area contributed by atoms with Crippen LogP contribution in [0.4, 0.5) is 0 Å². The summed E-state index contributed by atoms with van der Waals surface area (Å²) in [6.07, 6.45) is 0.240. The summed E-state index contributed by atoms with van der Waals surface area (Å²) in [5.41, 5.74) is 2.43. The number of rotatable bonds is 1. The number of carbonyl (C=O) groups is 1. The monoisotopic (exact) mass is 274 g/mol. The second-order valence-corrected chi connectivity index (χ2v) is 5.88. The Morgan fingerprint density at radius 3 is 2.70 bits per heavy atom. The Kier molecular flexibility index (Phi) is 3.76. The van der Waals surface area contributed by atoms with Gasteiger partial charge in [0.15, 0.2) is 0 Å². The predicted molar refractivity (Wildman–Crippen MR) is 77.5 cm³/mol. The lowest BCUT2D eigenvalue weighted by Gasteiger charge is -2.38. The number of benzene rings is 1. The molecule has 108 valence electrons. The highest BCUT2D eigenvalue weighted by molar-refractivity contribution is 5.85. The molecule has 0 spiro atoms. The normalized spacial score (nSPS) is 29.9. The van der Waals surface area contributed by atoms with Gasteiger partial charge >= 0.3 is 0 Å². The molecule has 3 rings (SSSR count). The van der Waals surface area contributed by atoms with Crippen LogP contribution in [0, 0.1) is 0 Å². The van der Waals surface area contributed by atoms with Gasteiger partial charge < -0.3 is 15.0 Å². The van der Waals surface area contributed by atoms with E-state index in [-0.39, 0.29) is 24.0 Å². The van der Waals surface area contributed by atoms with E-state index >= 15 is 0 Å². The molecule has 1 saturated heterocycles. The number of ether oxygens (including phenoxy) is 1. The molecule has 3 atom stereocenters. The van der Waals surface area contributed by atoms with E-state index in [0.29, 0.717) is 13.1 Å². The smallest absolute Gasteiger partial charge is 0.231 e. The summed E-state index contributed by atoms with van der Waals surface area (Å²) < 4.78 is 5.71. The fourth-order valence-corrected chi connectivity index (χ4v) is 3.29. The molecule has 0 radical (unpaired) electrons. The summed E-state index contributed by atoms with van der Waals surface area (Å²) >= 11 is 0. The van der Waals surface area contributed by atoms with Gasteiger partial charge in [0.1, 0.15) is 0 Å². The van der Waals surface area contributed by atoms with Crippen LogP contribution < -0.4 is 5.32 Å². The van der Waals surface area contributed by atoms with Gasteiger partial charge in [0.2, 0.25) is 5.91 Å². The number of carbonyl (C=O) groups excluding carboxylic acids is 1. The first-order chi connectivity index (χ1) is 9.65. The summed E-state index contributed by atoms with van der Waals surface area (Å²) in [5, 5.41) is 3.35. The van der Waals surface area contributed by atoms with Crippen molar-refractivity contribution in [2.45, 2.75) is 38.5 Å². The maximum atomic E-state index is 12.8. The summed E-state index contributed by atoms with van der Waals surface area (Å²) in [6.45, 7) is 7.04. The van der Waals surface area contributed by atoms with E-state index < -0.39 is 0 Å². The molecular formula is C16H22N2O2. The summed E-state index contributed by atoms with van der Waals surface area (Å²) in [7, 11) is 0. The number of amides is 1. The molecule has 1 aromatic carbocycles. The Morgan fingerprint density at radius 1 is 1.25 bits per heavy atom. The molecule has 1 aromatic rings. The van der Waals surface area contributed by atoms with Gasteiger partial charge in [-0.2, -0.15) is 0 Å². The van der Waals surface area contributed by atoms with E-state index in [4.69, 9.17) is 4.74 Å². The number of morpholine rings is 1. The molecule has 3 unspecified atom stereocenters. The Labute approximate surface area is 120 Å². The molecule has 2 aliphatic rings. The number of fused-ring (bicyclic) bond motifs is 1. The van der Waals surface area contributed by atoms with Crippen LogP contribution in [0.5, 0.6) is 0 Å². The second-order valence-electron chi connectivity index (χ2n) is 5.88. The molecule has 1 fully saturated rings. The zero-order chi connectivity index (χ0) is 14.1. The van der Waals surface area contributed by atoms with Crippen molar-refractivity contribution in [3.8, 4) is 0 Å². The van der Waals surface area contributed by atoms with Crippen LogP contribution in [-0.2, 0) is 16.1 Å². The highest BCUT2D eigenvalue weighted by Gasteiger charge is 2.33. The average Bonchev–Trinajstić information content (AvgIpc) is 2.45. The lowest BCUT2D eigenvalue weighted by atomic mass is 9.89. The highest BCUT2D eigenvalue weighted by Crippen LogP contribution is 2.26. The van der Waals surface area contributed by atoms with Crippen LogP contribution in [0.2, 0.25) is 0 Å². The van der Waals surface area contributed by atoms with E-state index in [1.807, 2.05) is 30.9 Å². The maximum absolute atomic E-state index is 12.8. The zero-order valence-corrected chi connectivity index (χ0v) is 12.1. The van der Waals surface area contributed by atoms with Crippen molar-refractivity contribution in [1.82, 2.24) is 10.2 Å². The summed E-state index contributed by atoms with van der Waals surface area (Å²) in [4.78, 5) is 14.8. The van der Waals surface area contributed by atoms with Gasteiger partial charge in [0.05, 0.1) is 18.1 Å². The molecule has 0 aliphatic carbocycles. The minimum absolute atomic E-state index is 0.0579. The Bertz CT molecular complexity index is 493. The van der Waals surface area contributed by atoms with Crippen molar-refractivity contribution in [2.75, 3.05) is 19.6 Å². The molecule has 1 amide bonds. The van der Waals surface area contributed by atoms with Crippen molar-refractivity contribution >= 4 is 5.91 Å². The molecule has 4 nitrogen and oxygen atoms in total. The van der Waals surface area contributed by atoms with Crippen molar-refractivity contribution in [3.05, 3.63) is 35.4 Å². The van der Waals surface area contributed by atoms with Gasteiger partial charge in [0, 0.05) is 26.2 Å². The second kappa shape index (κ2) is 5.54. The molecule has 0 saturated carbocycles. The standard InChI is InChI=1S/C16H22N2O2/c1-11-9-18(10-12(2)20-11)16(19)15-8-17-7-13-5-3-4-6-14(13)15/h3-6,11-12,15,17H,7-10H2,1-2H3. The fourth-order valence-electron chi connectivity index (χ4n) is 3.29. The maximum Gasteiger partial charge on any atom is 0.231 e. The van der Waals surface area contributed by atoms with Gasteiger partial charge in [-0.15, -0.1) is 0 Å². The van der Waals surface area contributed by atoms with Gasteiger partial charge in [-0.05, 0) is 25.0 Å². The molecule has 0 bridgehead atoms. The van der Waals surface area contributed by atoms with Gasteiger partial charge in [-0.25, -0.2) is 0 Å². The van der Waals surface area contributed by atoms with Crippen LogP contribution in [0.3, 0.4) is 0 Å². The Hall–Kier alpha value is -1.39. The topological polar surface area (TPSA) is 41.6 Å². The van der Waals surface area contributed by atoms with Crippen LogP contribution >= 0.6 is 0 Å². The molecule has 2 heterocycles. The van der Waals surface area contributed by atoms with E-state index in [1.54, 1.807) is 0 Å². The SMILES string of the molecule is CC1CN(C(=O)C2CNCc3ccccc32)CC(C)O1. The van der Waals surface area contributed by atoms with Gasteiger partial charge in [-0.1, -0.05) is 24.3 Å². The van der Waals surface area contributed by atoms with E-state index in [2.05, 4.69) is 17.4 Å². The van der Waals surface area contributed by atoms with E-state index in [1.165, 1.54) is 11.1 Å². The van der Waals surface area contributed by atoms with E-state index in [0.717, 1.165) is 13.1 Å². The van der Waals surface area contributed by atoms with Crippen LogP contribution in [0.15, 0.2) is 24.3 Å². The van der Waals surface area contributed by atoms with Crippen LogP contribution in [-0.4, -0.2) is 42.6 Å². The first-order valence-corrected chi connectivity index (χ1v) is 7.38. The predicted octanol–water partition coefficient (Wildman–Crippen LogP) is 1.51. The third kappa shape index (κ3) is 2.58. The third-order valence-electron chi connectivity index (χ3n) is 4.12. The number of nitrogens with zero attached hydrogens (tertiary/aromatic N) is 1. The van der Waals surface area contributed by atoms with Crippen LogP contribution in [0.1, 0.15) is 30.9 Å². The minimum Gasteiger partial charge on any atom is -0.372 e.